The number of esters is 1. The second-order valence-corrected chi connectivity index (χ2v) is 7.10. The van der Waals surface area contributed by atoms with Crippen LogP contribution in [0.2, 0.25) is 0 Å². The number of rotatable bonds is 6. The number of benzene rings is 1. The van der Waals surface area contributed by atoms with Crippen molar-refractivity contribution in [1.82, 2.24) is 4.90 Å². The molecule has 6 nitrogen and oxygen atoms in total. The lowest BCUT2D eigenvalue weighted by atomic mass is 10.2. The Hall–Kier alpha value is -2.06. The normalized spacial score (nSPS) is 15.9. The predicted molar refractivity (Wildman–Crippen MR) is 101 cm³/mol. The topological polar surface area (TPSA) is 65.1 Å². The van der Waals surface area contributed by atoms with Crippen LogP contribution < -0.4 is 9.47 Å². The molecule has 1 fully saturated rings. The first kappa shape index (κ1) is 19.3. The molecule has 0 N–H and O–H groups in total. The van der Waals surface area contributed by atoms with Gasteiger partial charge in [-0.3, -0.25) is 14.5 Å². The molecule has 8 heteroatoms. The van der Waals surface area contributed by atoms with Crippen LogP contribution in [-0.2, 0) is 14.3 Å². The molecular formula is C17H19NO5S2. The number of carbonyl (C=O) groups is 2. The van der Waals surface area contributed by atoms with Crippen molar-refractivity contribution < 1.29 is 23.8 Å². The van der Waals surface area contributed by atoms with E-state index < -0.39 is 5.97 Å². The van der Waals surface area contributed by atoms with E-state index in [1.54, 1.807) is 25.3 Å². The second kappa shape index (κ2) is 8.35. The Morgan fingerprint density at radius 1 is 1.32 bits per heavy atom. The van der Waals surface area contributed by atoms with E-state index in [4.69, 9.17) is 21.7 Å². The maximum atomic E-state index is 12.4. The van der Waals surface area contributed by atoms with Crippen molar-refractivity contribution in [1.29, 1.82) is 0 Å². The van der Waals surface area contributed by atoms with E-state index in [-0.39, 0.29) is 18.6 Å². The Morgan fingerprint density at radius 3 is 2.64 bits per heavy atom. The van der Waals surface area contributed by atoms with E-state index in [1.807, 2.05) is 19.9 Å². The average Bonchev–Trinajstić information content (AvgIpc) is 2.83. The van der Waals surface area contributed by atoms with Gasteiger partial charge in [0.05, 0.1) is 25.2 Å². The number of hydrogen-bond donors (Lipinski definition) is 0. The smallest absolute Gasteiger partial charge is 0.325 e. The summed E-state index contributed by atoms with van der Waals surface area (Å²) in [4.78, 5) is 25.5. The summed E-state index contributed by atoms with van der Waals surface area (Å²) in [6.07, 6.45) is 1.73. The van der Waals surface area contributed by atoms with Crippen molar-refractivity contribution in [3.05, 3.63) is 28.7 Å². The summed E-state index contributed by atoms with van der Waals surface area (Å²) in [6, 6.07) is 5.40. The number of thioether (sulfide) groups is 1. The number of ether oxygens (including phenoxy) is 3. The molecule has 0 atom stereocenters. The summed E-state index contributed by atoms with van der Waals surface area (Å²) in [6.45, 7) is 3.67. The third-order valence-electron chi connectivity index (χ3n) is 3.24. The monoisotopic (exact) mass is 381 g/mol. The highest BCUT2D eigenvalue weighted by molar-refractivity contribution is 8.26. The first-order valence-electron chi connectivity index (χ1n) is 7.52. The summed E-state index contributed by atoms with van der Waals surface area (Å²) in [7, 11) is 2.82. The molecule has 0 aliphatic carbocycles. The van der Waals surface area contributed by atoms with Gasteiger partial charge in [0, 0.05) is 0 Å². The zero-order valence-electron chi connectivity index (χ0n) is 14.4. The first-order chi connectivity index (χ1) is 11.8. The third kappa shape index (κ3) is 4.73. The molecule has 1 aromatic carbocycles. The minimum Gasteiger partial charge on any atom is -0.493 e. The van der Waals surface area contributed by atoms with Crippen LogP contribution in [0.3, 0.4) is 0 Å². The molecule has 0 aromatic heterocycles. The summed E-state index contributed by atoms with van der Waals surface area (Å²) in [5, 5.41) is 0. The molecule has 1 aliphatic rings. The highest BCUT2D eigenvalue weighted by atomic mass is 32.2. The van der Waals surface area contributed by atoms with Gasteiger partial charge in [-0.2, -0.15) is 0 Å². The fourth-order valence-electron chi connectivity index (χ4n) is 2.11. The summed E-state index contributed by atoms with van der Waals surface area (Å²) < 4.78 is 15.9. The number of amides is 1. The zero-order valence-corrected chi connectivity index (χ0v) is 16.0. The lowest BCUT2D eigenvalue weighted by Gasteiger charge is -2.14. The van der Waals surface area contributed by atoms with Crippen molar-refractivity contribution in [3.8, 4) is 11.5 Å². The van der Waals surface area contributed by atoms with Crippen LogP contribution in [0.15, 0.2) is 23.1 Å². The quantitative estimate of drug-likeness (QED) is 0.426. The standard InChI is InChI=1S/C17H19NO5S2/c1-10(2)23-12-6-5-11(7-13(12)21-3)8-14-16(20)18(17(24)25-14)9-15(19)22-4/h5-8,10H,9H2,1-4H3. The number of carbonyl (C=O) groups excluding carboxylic acids is 2. The lowest BCUT2D eigenvalue weighted by molar-refractivity contribution is -0.143. The maximum Gasteiger partial charge on any atom is 0.325 e. The van der Waals surface area contributed by atoms with Gasteiger partial charge in [0.25, 0.3) is 5.91 Å². The van der Waals surface area contributed by atoms with Crippen LogP contribution in [0.1, 0.15) is 19.4 Å². The van der Waals surface area contributed by atoms with Crippen LogP contribution in [-0.4, -0.2) is 48.0 Å². The van der Waals surface area contributed by atoms with E-state index in [1.165, 1.54) is 12.0 Å². The molecule has 0 unspecified atom stereocenters. The van der Waals surface area contributed by atoms with Crippen molar-refractivity contribution in [2.45, 2.75) is 20.0 Å². The van der Waals surface area contributed by atoms with Crippen LogP contribution in [0.5, 0.6) is 11.5 Å². The molecule has 2 rings (SSSR count). The number of methoxy groups -OCH3 is 2. The van der Waals surface area contributed by atoms with Crippen molar-refractivity contribution >= 4 is 46.3 Å². The maximum absolute atomic E-state index is 12.4. The Bertz CT molecular complexity index is 730. The Kier molecular flexibility index (Phi) is 6.44. The van der Waals surface area contributed by atoms with E-state index >= 15 is 0 Å². The van der Waals surface area contributed by atoms with Gasteiger partial charge in [-0.25, -0.2) is 0 Å². The molecule has 0 radical (unpaired) electrons. The molecule has 0 spiro atoms. The minimum absolute atomic E-state index is 0.0225. The molecule has 0 bridgehead atoms. The molecule has 1 aliphatic heterocycles. The van der Waals surface area contributed by atoms with Gasteiger partial charge in [-0.1, -0.05) is 30.0 Å². The summed E-state index contributed by atoms with van der Waals surface area (Å²) >= 11 is 6.32. The molecule has 1 heterocycles. The van der Waals surface area contributed by atoms with Gasteiger partial charge in [0.2, 0.25) is 0 Å². The van der Waals surface area contributed by atoms with Gasteiger partial charge in [0.1, 0.15) is 10.9 Å². The predicted octanol–water partition coefficient (Wildman–Crippen LogP) is 2.86. The number of thiocarbonyl (C=S) groups is 1. The molecule has 1 amide bonds. The SMILES string of the molecule is COC(=O)CN1C(=O)C(=Cc2ccc(OC(C)C)c(OC)c2)SC1=S. The molecule has 0 saturated carbocycles. The zero-order chi connectivity index (χ0) is 18.6. The van der Waals surface area contributed by atoms with E-state index in [0.29, 0.717) is 20.7 Å². The summed E-state index contributed by atoms with van der Waals surface area (Å²) in [5.41, 5.74) is 0.770. The van der Waals surface area contributed by atoms with E-state index in [9.17, 15) is 9.59 Å². The first-order valence-corrected chi connectivity index (χ1v) is 8.75. The highest BCUT2D eigenvalue weighted by Gasteiger charge is 2.33. The highest BCUT2D eigenvalue weighted by Crippen LogP contribution is 2.34. The van der Waals surface area contributed by atoms with Gasteiger partial charge in [0.15, 0.2) is 11.5 Å². The molecule has 25 heavy (non-hydrogen) atoms. The van der Waals surface area contributed by atoms with Crippen molar-refractivity contribution in [3.63, 3.8) is 0 Å². The molecule has 1 aromatic rings. The van der Waals surface area contributed by atoms with Crippen molar-refractivity contribution in [2.24, 2.45) is 0 Å². The Balaban J connectivity index is 2.24. The van der Waals surface area contributed by atoms with Gasteiger partial charge in [-0.05, 0) is 37.6 Å². The third-order valence-corrected chi connectivity index (χ3v) is 4.61. The van der Waals surface area contributed by atoms with Crippen LogP contribution in [0.4, 0.5) is 0 Å². The van der Waals surface area contributed by atoms with Gasteiger partial charge >= 0.3 is 5.97 Å². The van der Waals surface area contributed by atoms with Crippen LogP contribution >= 0.6 is 24.0 Å². The summed E-state index contributed by atoms with van der Waals surface area (Å²) in [5.74, 6) is 0.372. The largest absolute Gasteiger partial charge is 0.493 e. The van der Waals surface area contributed by atoms with Crippen molar-refractivity contribution in [2.75, 3.05) is 20.8 Å². The molecular weight excluding hydrogens is 362 g/mol. The van der Waals surface area contributed by atoms with Gasteiger partial charge in [-0.15, -0.1) is 0 Å². The fourth-order valence-corrected chi connectivity index (χ4v) is 3.36. The Morgan fingerprint density at radius 2 is 2.04 bits per heavy atom. The average molecular weight is 381 g/mol. The fraction of sp³-hybridized carbons (Fsp3) is 0.353. The second-order valence-electron chi connectivity index (χ2n) is 5.42. The van der Waals surface area contributed by atoms with E-state index in [2.05, 4.69) is 4.74 Å². The molecule has 134 valence electrons. The number of hydrogen-bond acceptors (Lipinski definition) is 7. The lowest BCUT2D eigenvalue weighted by Crippen LogP contribution is -2.33. The number of nitrogens with zero attached hydrogens (tertiary/aromatic N) is 1. The minimum atomic E-state index is -0.519. The Labute approximate surface area is 156 Å². The van der Waals surface area contributed by atoms with E-state index in [0.717, 1.165) is 17.3 Å². The van der Waals surface area contributed by atoms with Crippen LogP contribution in [0.25, 0.3) is 6.08 Å². The van der Waals surface area contributed by atoms with Gasteiger partial charge < -0.3 is 14.2 Å². The molecule has 1 saturated heterocycles. The van der Waals surface area contributed by atoms with Crippen LogP contribution in [0, 0.1) is 0 Å².